The molecule has 0 bridgehead atoms. The third-order valence-corrected chi connectivity index (χ3v) is 4.02. The molecular formula is C15H24F2N4. The summed E-state index contributed by atoms with van der Waals surface area (Å²) in [7, 11) is 1.56. The van der Waals surface area contributed by atoms with Crippen LogP contribution in [0.25, 0.3) is 0 Å². The zero-order chi connectivity index (χ0) is 15.2. The minimum atomic E-state index is -0.678. The first-order valence-electron chi connectivity index (χ1n) is 7.63. The quantitative estimate of drug-likeness (QED) is 0.792. The van der Waals surface area contributed by atoms with Crippen molar-refractivity contribution >= 4 is 11.6 Å². The molecule has 4 nitrogen and oxygen atoms in total. The lowest BCUT2D eigenvalue weighted by atomic mass is 10.0. The second-order valence-electron chi connectivity index (χ2n) is 5.56. The number of hydrogen-bond donors (Lipinski definition) is 2. The number of hydrogen-bond acceptors (Lipinski definition) is 4. The Hall–Kier alpha value is -1.43. The Kier molecular flexibility index (Phi) is 5.73. The van der Waals surface area contributed by atoms with Crippen molar-refractivity contribution in [3.8, 4) is 0 Å². The summed E-state index contributed by atoms with van der Waals surface area (Å²) in [6, 6.07) is 1.49. The number of rotatable bonds is 6. The highest BCUT2D eigenvalue weighted by Gasteiger charge is 2.17. The van der Waals surface area contributed by atoms with Crippen LogP contribution in [-0.4, -0.2) is 42.6 Å². The van der Waals surface area contributed by atoms with Gasteiger partial charge in [-0.3, -0.25) is 0 Å². The largest absolute Gasteiger partial charge is 0.371 e. The Morgan fingerprint density at radius 3 is 2.76 bits per heavy atom. The Balaban J connectivity index is 1.80. The molecule has 2 rings (SSSR count). The highest BCUT2D eigenvalue weighted by Crippen LogP contribution is 2.19. The smallest absolute Gasteiger partial charge is 0.168 e. The number of halogens is 2. The predicted molar refractivity (Wildman–Crippen MR) is 81.7 cm³/mol. The molecule has 0 amide bonds. The van der Waals surface area contributed by atoms with E-state index in [1.54, 1.807) is 7.05 Å². The standard InChI is InChI=1S/C15H24F2N4/c1-11-6-3-4-8-21(11)9-5-7-19-15-13(17)10-12(16)14(18-2)20-15/h10-11H,3-9H2,1-2H3,(H2,18,19,20). The number of pyridine rings is 1. The summed E-state index contributed by atoms with van der Waals surface area (Å²) < 4.78 is 26.9. The number of piperidine rings is 1. The maximum atomic E-state index is 13.6. The van der Waals surface area contributed by atoms with E-state index in [-0.39, 0.29) is 11.6 Å². The molecule has 0 aliphatic carbocycles. The van der Waals surface area contributed by atoms with Crippen molar-refractivity contribution in [1.82, 2.24) is 9.88 Å². The van der Waals surface area contributed by atoms with Crippen molar-refractivity contribution in [1.29, 1.82) is 0 Å². The van der Waals surface area contributed by atoms with Crippen LogP contribution in [-0.2, 0) is 0 Å². The Labute approximate surface area is 124 Å². The molecule has 118 valence electrons. The number of likely N-dealkylation sites (tertiary alicyclic amines) is 1. The fourth-order valence-corrected chi connectivity index (χ4v) is 2.74. The fraction of sp³-hybridized carbons (Fsp3) is 0.667. The molecule has 2 heterocycles. The van der Waals surface area contributed by atoms with Gasteiger partial charge in [0.2, 0.25) is 0 Å². The van der Waals surface area contributed by atoms with Crippen molar-refractivity contribution in [2.45, 2.75) is 38.6 Å². The molecule has 1 aromatic rings. The van der Waals surface area contributed by atoms with Crippen molar-refractivity contribution in [3.05, 3.63) is 17.7 Å². The van der Waals surface area contributed by atoms with E-state index in [4.69, 9.17) is 0 Å². The highest BCUT2D eigenvalue weighted by molar-refractivity contribution is 5.47. The average molecular weight is 298 g/mol. The van der Waals surface area contributed by atoms with Gasteiger partial charge in [-0.1, -0.05) is 6.42 Å². The molecule has 1 aromatic heterocycles. The van der Waals surface area contributed by atoms with Crippen molar-refractivity contribution < 1.29 is 8.78 Å². The van der Waals surface area contributed by atoms with Crippen LogP contribution in [0.15, 0.2) is 6.07 Å². The normalized spacial score (nSPS) is 19.5. The van der Waals surface area contributed by atoms with E-state index >= 15 is 0 Å². The minimum Gasteiger partial charge on any atom is -0.371 e. The second-order valence-corrected chi connectivity index (χ2v) is 5.56. The predicted octanol–water partition coefficient (Wildman–Crippen LogP) is 3.08. The highest BCUT2D eigenvalue weighted by atomic mass is 19.1. The molecule has 1 atom stereocenters. The lowest BCUT2D eigenvalue weighted by Crippen LogP contribution is -2.38. The first kappa shape index (κ1) is 15.9. The van der Waals surface area contributed by atoms with Gasteiger partial charge in [-0.15, -0.1) is 0 Å². The van der Waals surface area contributed by atoms with Gasteiger partial charge in [0.05, 0.1) is 0 Å². The molecule has 0 aromatic carbocycles. The van der Waals surface area contributed by atoms with E-state index in [1.165, 1.54) is 19.3 Å². The van der Waals surface area contributed by atoms with Gasteiger partial charge in [0.15, 0.2) is 23.3 Å². The molecule has 1 aliphatic rings. The maximum absolute atomic E-state index is 13.6. The van der Waals surface area contributed by atoms with Gasteiger partial charge in [-0.25, -0.2) is 13.8 Å². The van der Waals surface area contributed by atoms with Crippen molar-refractivity contribution in [3.63, 3.8) is 0 Å². The average Bonchev–Trinajstić information content (AvgIpc) is 2.47. The summed E-state index contributed by atoms with van der Waals surface area (Å²) in [5, 5.41) is 5.56. The summed E-state index contributed by atoms with van der Waals surface area (Å²) in [4.78, 5) is 6.37. The van der Waals surface area contributed by atoms with Gasteiger partial charge in [-0.2, -0.15) is 0 Å². The van der Waals surface area contributed by atoms with Gasteiger partial charge in [0.1, 0.15) is 0 Å². The van der Waals surface area contributed by atoms with E-state index in [9.17, 15) is 8.78 Å². The molecule has 2 N–H and O–H groups in total. The van der Waals surface area contributed by atoms with Crippen LogP contribution in [0, 0.1) is 11.6 Å². The van der Waals surface area contributed by atoms with Crippen LogP contribution >= 0.6 is 0 Å². The summed E-state index contributed by atoms with van der Waals surface area (Å²) >= 11 is 0. The Bertz CT molecular complexity index is 467. The molecule has 0 radical (unpaired) electrons. The van der Waals surface area contributed by atoms with Crippen LogP contribution in [0.5, 0.6) is 0 Å². The van der Waals surface area contributed by atoms with Crippen LogP contribution in [0.1, 0.15) is 32.6 Å². The lowest BCUT2D eigenvalue weighted by Gasteiger charge is -2.33. The third-order valence-electron chi connectivity index (χ3n) is 4.02. The molecule has 6 heteroatoms. The summed E-state index contributed by atoms with van der Waals surface area (Å²) in [6.45, 7) is 5.03. The third kappa shape index (κ3) is 4.27. The Morgan fingerprint density at radius 1 is 1.29 bits per heavy atom. The van der Waals surface area contributed by atoms with Gasteiger partial charge in [0, 0.05) is 32.2 Å². The maximum Gasteiger partial charge on any atom is 0.168 e. The molecule has 0 saturated carbocycles. The fourth-order valence-electron chi connectivity index (χ4n) is 2.74. The zero-order valence-electron chi connectivity index (χ0n) is 12.8. The lowest BCUT2D eigenvalue weighted by molar-refractivity contribution is 0.160. The van der Waals surface area contributed by atoms with Gasteiger partial charge >= 0.3 is 0 Å². The first-order valence-corrected chi connectivity index (χ1v) is 7.63. The monoisotopic (exact) mass is 298 g/mol. The summed E-state index contributed by atoms with van der Waals surface area (Å²) in [6.07, 6.45) is 4.75. The molecule has 1 fully saturated rings. The number of anilines is 2. The molecular weight excluding hydrogens is 274 g/mol. The van der Waals surface area contributed by atoms with E-state index in [0.29, 0.717) is 12.6 Å². The first-order chi connectivity index (χ1) is 10.1. The van der Waals surface area contributed by atoms with E-state index in [1.807, 2.05) is 0 Å². The minimum absolute atomic E-state index is 0.0588. The van der Waals surface area contributed by atoms with E-state index in [0.717, 1.165) is 25.6 Å². The van der Waals surface area contributed by atoms with E-state index in [2.05, 4.69) is 27.4 Å². The Morgan fingerprint density at radius 2 is 2.05 bits per heavy atom. The molecule has 1 aliphatic heterocycles. The zero-order valence-corrected chi connectivity index (χ0v) is 12.8. The number of aromatic nitrogens is 1. The van der Waals surface area contributed by atoms with Gasteiger partial charge in [-0.05, 0) is 32.7 Å². The van der Waals surface area contributed by atoms with Crippen LogP contribution in [0.2, 0.25) is 0 Å². The van der Waals surface area contributed by atoms with Gasteiger partial charge in [0.25, 0.3) is 0 Å². The molecule has 1 saturated heterocycles. The molecule has 21 heavy (non-hydrogen) atoms. The summed E-state index contributed by atoms with van der Waals surface area (Å²) in [5.41, 5.74) is 0. The van der Waals surface area contributed by atoms with Crippen LogP contribution in [0.3, 0.4) is 0 Å². The molecule has 0 spiro atoms. The topological polar surface area (TPSA) is 40.2 Å². The van der Waals surface area contributed by atoms with Crippen molar-refractivity contribution in [2.75, 3.05) is 37.3 Å². The van der Waals surface area contributed by atoms with Crippen molar-refractivity contribution in [2.24, 2.45) is 0 Å². The SMILES string of the molecule is CNc1nc(NCCCN2CCCCC2C)c(F)cc1F. The van der Waals surface area contributed by atoms with E-state index < -0.39 is 11.6 Å². The number of nitrogens with one attached hydrogen (secondary N) is 2. The second kappa shape index (κ2) is 7.54. The van der Waals surface area contributed by atoms with Crippen LogP contribution in [0.4, 0.5) is 20.4 Å². The van der Waals surface area contributed by atoms with Gasteiger partial charge < -0.3 is 15.5 Å². The number of nitrogens with zero attached hydrogens (tertiary/aromatic N) is 2. The summed E-state index contributed by atoms with van der Waals surface area (Å²) in [5.74, 6) is -1.17. The van der Waals surface area contributed by atoms with Crippen LogP contribution < -0.4 is 10.6 Å². The molecule has 1 unspecified atom stereocenters.